The molecule has 1 aromatic carbocycles. The van der Waals surface area contributed by atoms with Crippen LogP contribution in [0.3, 0.4) is 0 Å². The van der Waals surface area contributed by atoms with E-state index < -0.39 is 11.7 Å². The van der Waals surface area contributed by atoms with Gasteiger partial charge in [-0.2, -0.15) is 13.2 Å². The summed E-state index contributed by atoms with van der Waals surface area (Å²) in [4.78, 5) is 26.3. The van der Waals surface area contributed by atoms with Crippen molar-refractivity contribution in [2.45, 2.75) is 26.1 Å². The SMILES string of the molecule is Cc1nc2cnc(C(=O)NC(C)c3cnc(Nc4ccc(C(F)(F)F)cc4)s3)cc2n1C. The molecule has 0 aliphatic heterocycles. The highest BCUT2D eigenvalue weighted by Crippen LogP contribution is 2.31. The van der Waals surface area contributed by atoms with Crippen LogP contribution < -0.4 is 10.6 Å². The average molecular weight is 460 g/mol. The van der Waals surface area contributed by atoms with Gasteiger partial charge in [0.2, 0.25) is 0 Å². The van der Waals surface area contributed by atoms with Gasteiger partial charge < -0.3 is 15.2 Å². The zero-order valence-electron chi connectivity index (χ0n) is 17.4. The molecule has 4 aromatic rings. The van der Waals surface area contributed by atoms with Crippen LogP contribution in [0.1, 0.15) is 39.7 Å². The zero-order chi connectivity index (χ0) is 23.0. The van der Waals surface area contributed by atoms with Crippen molar-refractivity contribution in [2.24, 2.45) is 7.05 Å². The Morgan fingerprint density at radius 1 is 1.16 bits per heavy atom. The van der Waals surface area contributed by atoms with Crippen LogP contribution in [0.4, 0.5) is 24.0 Å². The average Bonchev–Trinajstić information content (AvgIpc) is 3.32. The molecule has 3 aromatic heterocycles. The lowest BCUT2D eigenvalue weighted by atomic mass is 10.2. The molecule has 0 spiro atoms. The Morgan fingerprint density at radius 3 is 2.56 bits per heavy atom. The predicted molar refractivity (Wildman–Crippen MR) is 116 cm³/mol. The number of hydrogen-bond acceptors (Lipinski definition) is 6. The maximum atomic E-state index is 12.7. The second kappa shape index (κ2) is 8.23. The van der Waals surface area contributed by atoms with E-state index in [0.717, 1.165) is 33.9 Å². The van der Waals surface area contributed by atoms with E-state index in [1.54, 1.807) is 18.5 Å². The van der Waals surface area contributed by atoms with Crippen molar-refractivity contribution in [3.8, 4) is 0 Å². The highest BCUT2D eigenvalue weighted by molar-refractivity contribution is 7.15. The van der Waals surface area contributed by atoms with Gasteiger partial charge in [0.1, 0.15) is 17.0 Å². The van der Waals surface area contributed by atoms with E-state index in [1.807, 2.05) is 25.5 Å². The number of thiazole rings is 1. The third-order valence-electron chi connectivity index (χ3n) is 4.98. The lowest BCUT2D eigenvalue weighted by molar-refractivity contribution is -0.137. The molecule has 7 nitrogen and oxygen atoms in total. The molecule has 3 heterocycles. The van der Waals surface area contributed by atoms with Crippen LogP contribution in [0.15, 0.2) is 42.7 Å². The van der Waals surface area contributed by atoms with Gasteiger partial charge in [0.05, 0.1) is 23.3 Å². The third-order valence-corrected chi connectivity index (χ3v) is 6.08. The molecule has 1 atom stereocenters. The largest absolute Gasteiger partial charge is 0.416 e. The van der Waals surface area contributed by atoms with E-state index >= 15 is 0 Å². The number of aromatic nitrogens is 4. The summed E-state index contributed by atoms with van der Waals surface area (Å²) in [5, 5.41) is 6.37. The van der Waals surface area contributed by atoms with Crippen molar-refractivity contribution in [1.29, 1.82) is 0 Å². The molecular formula is C21H19F3N6OS. The molecule has 1 amide bonds. The third kappa shape index (κ3) is 4.42. The summed E-state index contributed by atoms with van der Waals surface area (Å²) in [6.45, 7) is 3.70. The molecule has 0 bridgehead atoms. The molecule has 1 unspecified atom stereocenters. The van der Waals surface area contributed by atoms with Crippen molar-refractivity contribution in [3.63, 3.8) is 0 Å². The molecule has 2 N–H and O–H groups in total. The molecule has 32 heavy (non-hydrogen) atoms. The minimum absolute atomic E-state index is 0.278. The van der Waals surface area contributed by atoms with Crippen molar-refractivity contribution in [3.05, 3.63) is 64.7 Å². The molecule has 0 fully saturated rings. The number of anilines is 2. The molecule has 4 rings (SSSR count). The van der Waals surface area contributed by atoms with Crippen molar-refractivity contribution in [2.75, 3.05) is 5.32 Å². The standard InChI is InChI=1S/C21H19F3N6OS/c1-11(27-19(31)15-8-17-16(9-25-15)28-12(2)30(17)3)18-10-26-20(32-18)29-14-6-4-13(5-7-14)21(22,23)24/h4-11H,1-3H3,(H,26,29)(H,27,31). The number of amides is 1. The van der Waals surface area contributed by atoms with Crippen molar-refractivity contribution < 1.29 is 18.0 Å². The summed E-state index contributed by atoms with van der Waals surface area (Å²) in [5.41, 5.74) is 1.58. The molecular weight excluding hydrogens is 441 g/mol. The molecule has 0 aliphatic rings. The van der Waals surface area contributed by atoms with Gasteiger partial charge in [-0.3, -0.25) is 4.79 Å². The van der Waals surface area contributed by atoms with E-state index in [9.17, 15) is 18.0 Å². The smallest absolute Gasteiger partial charge is 0.343 e. The quantitative estimate of drug-likeness (QED) is 0.439. The summed E-state index contributed by atoms with van der Waals surface area (Å²) >= 11 is 1.30. The van der Waals surface area contributed by atoms with Gasteiger partial charge in [0.25, 0.3) is 5.91 Å². The number of nitrogens with one attached hydrogen (secondary N) is 2. The number of benzene rings is 1. The minimum atomic E-state index is -4.38. The van der Waals surface area contributed by atoms with E-state index in [1.165, 1.54) is 23.5 Å². The Hall–Kier alpha value is -3.47. The monoisotopic (exact) mass is 460 g/mol. The van der Waals surface area contributed by atoms with Crippen molar-refractivity contribution in [1.82, 2.24) is 24.8 Å². The first kappa shape index (κ1) is 21.8. The number of halogens is 3. The number of pyridine rings is 1. The molecule has 0 saturated heterocycles. The topological polar surface area (TPSA) is 84.7 Å². The lowest BCUT2D eigenvalue weighted by Crippen LogP contribution is -2.26. The minimum Gasteiger partial charge on any atom is -0.343 e. The van der Waals surface area contributed by atoms with Gasteiger partial charge in [0, 0.05) is 23.8 Å². The Morgan fingerprint density at radius 2 is 1.88 bits per heavy atom. The van der Waals surface area contributed by atoms with Crippen LogP contribution in [0.5, 0.6) is 0 Å². The molecule has 166 valence electrons. The number of alkyl halides is 3. The summed E-state index contributed by atoms with van der Waals surface area (Å²) < 4.78 is 40.0. The first-order valence-electron chi connectivity index (χ1n) is 9.62. The maximum absolute atomic E-state index is 12.7. The van der Waals surface area contributed by atoms with Crippen LogP contribution in [0, 0.1) is 6.92 Å². The van der Waals surface area contributed by atoms with Gasteiger partial charge in [-0.15, -0.1) is 0 Å². The number of aryl methyl sites for hydroxylation is 2. The number of hydrogen-bond donors (Lipinski definition) is 2. The highest BCUT2D eigenvalue weighted by atomic mass is 32.1. The number of fused-ring (bicyclic) bond motifs is 1. The Labute approximate surface area is 185 Å². The number of imidazole rings is 1. The zero-order valence-corrected chi connectivity index (χ0v) is 18.2. The van der Waals surface area contributed by atoms with E-state index in [4.69, 9.17) is 0 Å². The van der Waals surface area contributed by atoms with Gasteiger partial charge >= 0.3 is 6.18 Å². The Kier molecular flexibility index (Phi) is 5.59. The van der Waals surface area contributed by atoms with Gasteiger partial charge in [0.15, 0.2) is 5.13 Å². The fraction of sp³-hybridized carbons (Fsp3) is 0.238. The first-order chi connectivity index (χ1) is 15.1. The van der Waals surface area contributed by atoms with Gasteiger partial charge in [-0.1, -0.05) is 11.3 Å². The summed E-state index contributed by atoms with van der Waals surface area (Å²) in [6, 6.07) is 6.06. The summed E-state index contributed by atoms with van der Waals surface area (Å²) in [6.07, 6.45) is -1.20. The highest BCUT2D eigenvalue weighted by Gasteiger charge is 2.30. The molecule has 0 radical (unpaired) electrons. The van der Waals surface area contributed by atoms with E-state index in [2.05, 4.69) is 25.6 Å². The molecule has 0 aliphatic carbocycles. The van der Waals surface area contributed by atoms with Crippen LogP contribution in [-0.2, 0) is 13.2 Å². The van der Waals surface area contributed by atoms with Gasteiger partial charge in [-0.25, -0.2) is 15.0 Å². The van der Waals surface area contributed by atoms with Crippen LogP contribution >= 0.6 is 11.3 Å². The predicted octanol–water partition coefficient (Wildman–Crippen LogP) is 4.99. The van der Waals surface area contributed by atoms with Crippen LogP contribution in [0.25, 0.3) is 11.0 Å². The van der Waals surface area contributed by atoms with Crippen molar-refractivity contribution >= 4 is 39.1 Å². The lowest BCUT2D eigenvalue weighted by Gasteiger charge is -2.11. The summed E-state index contributed by atoms with van der Waals surface area (Å²) in [7, 11) is 1.87. The second-order valence-corrected chi connectivity index (χ2v) is 8.30. The van der Waals surface area contributed by atoms with Crippen LogP contribution in [0.2, 0.25) is 0 Å². The van der Waals surface area contributed by atoms with Gasteiger partial charge in [-0.05, 0) is 44.2 Å². The van der Waals surface area contributed by atoms with E-state index in [0.29, 0.717) is 10.8 Å². The fourth-order valence-corrected chi connectivity index (χ4v) is 3.93. The molecule has 11 heteroatoms. The number of carbonyl (C=O) groups is 1. The normalized spacial score (nSPS) is 12.7. The Bertz CT molecular complexity index is 1280. The fourth-order valence-electron chi connectivity index (χ4n) is 3.09. The Balaban J connectivity index is 1.43. The van der Waals surface area contributed by atoms with Crippen LogP contribution in [-0.4, -0.2) is 25.4 Å². The number of nitrogens with zero attached hydrogens (tertiary/aromatic N) is 4. The first-order valence-corrected chi connectivity index (χ1v) is 10.4. The maximum Gasteiger partial charge on any atom is 0.416 e. The number of rotatable bonds is 5. The second-order valence-electron chi connectivity index (χ2n) is 7.24. The molecule has 0 saturated carbocycles. The number of carbonyl (C=O) groups excluding carboxylic acids is 1. The van der Waals surface area contributed by atoms with E-state index in [-0.39, 0.29) is 17.6 Å². The summed E-state index contributed by atoms with van der Waals surface area (Å²) in [5.74, 6) is 0.495.